The number of aryl methyl sites for hydroxylation is 1. The monoisotopic (exact) mass is 366 g/mol. The zero-order valence-corrected chi connectivity index (χ0v) is 15.0. The number of rotatable bonds is 3. The van der Waals surface area contributed by atoms with Crippen molar-refractivity contribution >= 4 is 12.0 Å². The van der Waals surface area contributed by atoms with Crippen LogP contribution in [-0.4, -0.2) is 40.7 Å². The van der Waals surface area contributed by atoms with Gasteiger partial charge in [0, 0.05) is 19.5 Å². The van der Waals surface area contributed by atoms with Crippen LogP contribution in [0.2, 0.25) is 0 Å². The number of benzene rings is 2. The molecule has 0 aliphatic carbocycles. The Morgan fingerprint density at radius 3 is 2.67 bits per heavy atom. The van der Waals surface area contributed by atoms with Gasteiger partial charge >= 0.3 is 12.0 Å². The van der Waals surface area contributed by atoms with Crippen LogP contribution in [0.3, 0.4) is 0 Å². The molecule has 2 N–H and O–H groups in total. The Balaban J connectivity index is 1.34. The van der Waals surface area contributed by atoms with Crippen LogP contribution in [-0.2, 0) is 13.0 Å². The number of urea groups is 1. The fourth-order valence-electron chi connectivity index (χ4n) is 3.82. The number of aromatic carboxylic acids is 1. The Hall–Kier alpha value is -3.02. The quantitative estimate of drug-likeness (QED) is 0.875. The third kappa shape index (κ3) is 3.60. The maximum absolute atomic E-state index is 12.5. The van der Waals surface area contributed by atoms with Crippen molar-refractivity contribution in [2.24, 2.45) is 0 Å². The van der Waals surface area contributed by atoms with E-state index in [1.54, 1.807) is 29.2 Å². The van der Waals surface area contributed by atoms with E-state index >= 15 is 0 Å². The van der Waals surface area contributed by atoms with E-state index < -0.39 is 5.97 Å². The SMILES string of the molecule is O=C(O)c1ccc(CNC(=O)N2CCC3(CCc4ccccc4O3)C2)cc1. The van der Waals surface area contributed by atoms with Crippen molar-refractivity contribution in [1.82, 2.24) is 10.2 Å². The summed E-state index contributed by atoms with van der Waals surface area (Å²) in [6, 6.07) is 14.5. The Kier molecular flexibility index (Phi) is 4.48. The molecule has 4 rings (SSSR count). The van der Waals surface area contributed by atoms with Gasteiger partial charge in [-0.3, -0.25) is 0 Å². The maximum atomic E-state index is 12.5. The molecule has 0 radical (unpaired) electrons. The number of carboxylic acid groups (broad SMARTS) is 1. The molecule has 1 saturated heterocycles. The van der Waals surface area contributed by atoms with E-state index in [9.17, 15) is 9.59 Å². The zero-order valence-electron chi connectivity index (χ0n) is 15.0. The van der Waals surface area contributed by atoms with Crippen LogP contribution in [0.15, 0.2) is 48.5 Å². The lowest BCUT2D eigenvalue weighted by molar-refractivity contribution is 0.0575. The Morgan fingerprint density at radius 2 is 1.89 bits per heavy atom. The first-order chi connectivity index (χ1) is 13.0. The first-order valence-corrected chi connectivity index (χ1v) is 9.17. The van der Waals surface area contributed by atoms with Gasteiger partial charge in [-0.15, -0.1) is 0 Å². The normalized spacial score (nSPS) is 20.8. The fourth-order valence-corrected chi connectivity index (χ4v) is 3.82. The minimum atomic E-state index is -0.956. The third-order valence-electron chi connectivity index (χ3n) is 5.40. The fraction of sp³-hybridized carbons (Fsp3) is 0.333. The Labute approximate surface area is 157 Å². The summed E-state index contributed by atoms with van der Waals surface area (Å²) < 4.78 is 6.28. The summed E-state index contributed by atoms with van der Waals surface area (Å²) in [5.41, 5.74) is 2.05. The van der Waals surface area contributed by atoms with Crippen molar-refractivity contribution in [1.29, 1.82) is 0 Å². The molecule has 2 aliphatic rings. The molecule has 0 aromatic heterocycles. The lowest BCUT2D eigenvalue weighted by Gasteiger charge is -2.35. The molecule has 2 aliphatic heterocycles. The molecule has 0 bridgehead atoms. The first-order valence-electron chi connectivity index (χ1n) is 9.17. The molecule has 6 nitrogen and oxygen atoms in total. The average molecular weight is 366 g/mol. The van der Waals surface area contributed by atoms with Gasteiger partial charge in [-0.2, -0.15) is 0 Å². The van der Waals surface area contributed by atoms with Gasteiger partial charge in [0.2, 0.25) is 0 Å². The molecule has 2 aromatic rings. The van der Waals surface area contributed by atoms with E-state index in [1.165, 1.54) is 5.56 Å². The van der Waals surface area contributed by atoms with E-state index in [-0.39, 0.29) is 17.2 Å². The molecular weight excluding hydrogens is 344 g/mol. The molecule has 1 unspecified atom stereocenters. The van der Waals surface area contributed by atoms with Crippen LogP contribution in [0.1, 0.15) is 34.3 Å². The summed E-state index contributed by atoms with van der Waals surface area (Å²) in [5, 5.41) is 11.8. The highest BCUT2D eigenvalue weighted by Crippen LogP contribution is 2.38. The molecule has 2 heterocycles. The predicted molar refractivity (Wildman–Crippen MR) is 99.9 cm³/mol. The van der Waals surface area contributed by atoms with Gasteiger partial charge in [0.05, 0.1) is 12.1 Å². The van der Waals surface area contributed by atoms with Gasteiger partial charge in [0.15, 0.2) is 0 Å². The highest BCUT2D eigenvalue weighted by atomic mass is 16.5. The minimum Gasteiger partial charge on any atom is -0.485 e. The van der Waals surface area contributed by atoms with Gasteiger partial charge in [0.1, 0.15) is 11.4 Å². The van der Waals surface area contributed by atoms with Gasteiger partial charge in [-0.05, 0) is 42.2 Å². The van der Waals surface area contributed by atoms with E-state index in [0.29, 0.717) is 19.6 Å². The second kappa shape index (κ2) is 6.95. The molecule has 0 saturated carbocycles. The molecule has 1 spiro atoms. The van der Waals surface area contributed by atoms with Crippen molar-refractivity contribution in [3.63, 3.8) is 0 Å². The lowest BCUT2D eigenvalue weighted by Crippen LogP contribution is -2.45. The number of para-hydroxylation sites is 1. The number of carboxylic acids is 1. The van der Waals surface area contributed by atoms with Gasteiger partial charge < -0.3 is 20.1 Å². The van der Waals surface area contributed by atoms with Crippen LogP contribution >= 0.6 is 0 Å². The van der Waals surface area contributed by atoms with E-state index in [2.05, 4.69) is 11.4 Å². The summed E-state index contributed by atoms with van der Waals surface area (Å²) in [7, 11) is 0. The number of hydrogen-bond donors (Lipinski definition) is 2. The topological polar surface area (TPSA) is 78.9 Å². The molecule has 6 heteroatoms. The summed E-state index contributed by atoms with van der Waals surface area (Å²) >= 11 is 0. The van der Waals surface area contributed by atoms with Gasteiger partial charge in [-0.25, -0.2) is 9.59 Å². The summed E-state index contributed by atoms with van der Waals surface area (Å²) in [6.07, 6.45) is 2.73. The number of carbonyl (C=O) groups is 2. The van der Waals surface area contributed by atoms with E-state index in [0.717, 1.165) is 30.6 Å². The van der Waals surface area contributed by atoms with E-state index in [4.69, 9.17) is 9.84 Å². The smallest absolute Gasteiger partial charge is 0.335 e. The molecule has 2 amide bonds. The van der Waals surface area contributed by atoms with Crippen LogP contribution < -0.4 is 10.1 Å². The number of likely N-dealkylation sites (tertiary alicyclic amines) is 1. The third-order valence-corrected chi connectivity index (χ3v) is 5.40. The van der Waals surface area contributed by atoms with Gasteiger partial charge in [-0.1, -0.05) is 30.3 Å². The van der Waals surface area contributed by atoms with Crippen molar-refractivity contribution in [2.45, 2.75) is 31.4 Å². The lowest BCUT2D eigenvalue weighted by atomic mass is 9.90. The molecule has 2 aromatic carbocycles. The van der Waals surface area contributed by atoms with Crippen molar-refractivity contribution in [3.8, 4) is 5.75 Å². The Bertz CT molecular complexity index is 865. The van der Waals surface area contributed by atoms with Crippen LogP contribution in [0, 0.1) is 0 Å². The largest absolute Gasteiger partial charge is 0.485 e. The van der Waals surface area contributed by atoms with Crippen molar-refractivity contribution in [2.75, 3.05) is 13.1 Å². The number of carbonyl (C=O) groups excluding carboxylic acids is 1. The first kappa shape index (κ1) is 17.4. The summed E-state index contributed by atoms with van der Waals surface area (Å²) in [4.78, 5) is 25.2. The minimum absolute atomic E-state index is 0.114. The maximum Gasteiger partial charge on any atom is 0.335 e. The molecular formula is C21H22N2O4. The second-order valence-corrected chi connectivity index (χ2v) is 7.23. The number of ether oxygens (including phenoxy) is 1. The number of nitrogens with zero attached hydrogens (tertiary/aromatic N) is 1. The highest BCUT2D eigenvalue weighted by Gasteiger charge is 2.44. The van der Waals surface area contributed by atoms with Crippen LogP contribution in [0.25, 0.3) is 0 Å². The zero-order chi connectivity index (χ0) is 18.9. The highest BCUT2D eigenvalue weighted by molar-refractivity contribution is 5.87. The second-order valence-electron chi connectivity index (χ2n) is 7.23. The number of fused-ring (bicyclic) bond motifs is 1. The molecule has 140 valence electrons. The summed E-state index contributed by atoms with van der Waals surface area (Å²) in [6.45, 7) is 1.63. The van der Waals surface area contributed by atoms with Crippen molar-refractivity contribution < 1.29 is 19.4 Å². The van der Waals surface area contributed by atoms with Gasteiger partial charge in [0.25, 0.3) is 0 Å². The molecule has 1 atom stereocenters. The van der Waals surface area contributed by atoms with Crippen LogP contribution in [0.5, 0.6) is 5.75 Å². The Morgan fingerprint density at radius 1 is 1.11 bits per heavy atom. The van der Waals surface area contributed by atoms with Crippen molar-refractivity contribution in [3.05, 3.63) is 65.2 Å². The molecule has 1 fully saturated rings. The number of nitrogens with one attached hydrogen (secondary N) is 1. The number of hydrogen-bond acceptors (Lipinski definition) is 3. The summed E-state index contributed by atoms with van der Waals surface area (Å²) in [5.74, 6) is -0.0217. The standard InChI is InChI=1S/C21H22N2O4/c24-19(25)17-7-5-15(6-8-17)13-22-20(26)23-12-11-21(14-23)10-9-16-3-1-2-4-18(16)27-21/h1-8H,9-14H2,(H,22,26)(H,24,25). The predicted octanol–water partition coefficient (Wildman–Crippen LogP) is 3.06. The average Bonchev–Trinajstić information content (AvgIpc) is 3.09. The van der Waals surface area contributed by atoms with Crippen LogP contribution in [0.4, 0.5) is 4.79 Å². The van der Waals surface area contributed by atoms with E-state index in [1.807, 2.05) is 18.2 Å². The molecule has 27 heavy (non-hydrogen) atoms. The number of amides is 2.